The number of hydrogen-bond donors (Lipinski definition) is 2. The quantitative estimate of drug-likeness (QED) is 0.786. The minimum atomic E-state index is -0.985. The molecule has 0 unspecified atom stereocenters. The van der Waals surface area contributed by atoms with Crippen LogP contribution in [0.15, 0.2) is 18.5 Å². The van der Waals surface area contributed by atoms with Crippen LogP contribution in [-0.2, 0) is 11.3 Å². The highest BCUT2D eigenvalue weighted by atomic mass is 16.4. The van der Waals surface area contributed by atoms with Crippen LogP contribution in [0.1, 0.15) is 30.6 Å². The Hall–Kier alpha value is -1.78. The fourth-order valence-corrected chi connectivity index (χ4v) is 1.25. The van der Waals surface area contributed by atoms with E-state index in [9.17, 15) is 9.59 Å². The predicted octanol–water partition coefficient (Wildman–Crippen LogP) is 1.10. The van der Waals surface area contributed by atoms with Crippen molar-refractivity contribution in [1.29, 1.82) is 0 Å². The Labute approximate surface area is 94.1 Å². The number of amides is 1. The average Bonchev–Trinajstić information content (AvgIpc) is 2.65. The molecule has 1 aromatic rings. The molecule has 88 valence electrons. The Bertz CT molecular complexity index is 384. The molecule has 1 heterocycles. The summed E-state index contributed by atoms with van der Waals surface area (Å²) in [5, 5.41) is 11.5. The van der Waals surface area contributed by atoms with Crippen LogP contribution in [0.4, 0.5) is 0 Å². The van der Waals surface area contributed by atoms with Gasteiger partial charge in [0.15, 0.2) is 0 Å². The van der Waals surface area contributed by atoms with Crippen molar-refractivity contribution >= 4 is 11.9 Å². The van der Waals surface area contributed by atoms with Crippen LogP contribution in [0.25, 0.3) is 0 Å². The minimum Gasteiger partial charge on any atom is -0.478 e. The highest BCUT2D eigenvalue weighted by molar-refractivity contribution is 5.87. The van der Waals surface area contributed by atoms with Crippen molar-refractivity contribution in [3.05, 3.63) is 24.0 Å². The first kappa shape index (κ1) is 12.3. The molecule has 0 saturated heterocycles. The molecule has 1 aromatic heterocycles. The van der Waals surface area contributed by atoms with E-state index in [0.29, 0.717) is 0 Å². The molecule has 0 aromatic carbocycles. The fourth-order valence-electron chi connectivity index (χ4n) is 1.25. The van der Waals surface area contributed by atoms with E-state index in [1.165, 1.54) is 12.3 Å². The molecule has 0 aliphatic rings. The van der Waals surface area contributed by atoms with Crippen molar-refractivity contribution in [2.45, 2.75) is 32.9 Å². The van der Waals surface area contributed by atoms with Crippen LogP contribution < -0.4 is 5.32 Å². The molecule has 0 spiro atoms. The van der Waals surface area contributed by atoms with Gasteiger partial charge in [0, 0.05) is 18.4 Å². The van der Waals surface area contributed by atoms with Gasteiger partial charge in [-0.2, -0.15) is 0 Å². The molecule has 0 bridgehead atoms. The number of aromatic carboxylic acids is 1. The van der Waals surface area contributed by atoms with Crippen molar-refractivity contribution in [2.24, 2.45) is 0 Å². The first-order valence-electron chi connectivity index (χ1n) is 5.21. The molecule has 2 N–H and O–H groups in total. The number of hydrogen-bond acceptors (Lipinski definition) is 2. The van der Waals surface area contributed by atoms with Gasteiger partial charge in [-0.05, 0) is 19.4 Å². The Kier molecular flexibility index (Phi) is 4.10. The van der Waals surface area contributed by atoms with E-state index in [-0.39, 0.29) is 24.1 Å². The zero-order valence-corrected chi connectivity index (χ0v) is 9.43. The van der Waals surface area contributed by atoms with Crippen LogP contribution in [0.5, 0.6) is 0 Å². The summed E-state index contributed by atoms with van der Waals surface area (Å²) in [5.74, 6) is -1.09. The Morgan fingerprint density at radius 2 is 2.25 bits per heavy atom. The van der Waals surface area contributed by atoms with E-state index >= 15 is 0 Å². The van der Waals surface area contributed by atoms with E-state index in [1.54, 1.807) is 10.8 Å². The van der Waals surface area contributed by atoms with Gasteiger partial charge in [-0.15, -0.1) is 0 Å². The molecule has 5 nitrogen and oxygen atoms in total. The summed E-state index contributed by atoms with van der Waals surface area (Å²) < 4.78 is 1.56. The first-order valence-corrected chi connectivity index (χ1v) is 5.21. The molecule has 1 atom stereocenters. The third-order valence-corrected chi connectivity index (χ3v) is 2.34. The number of carbonyl (C=O) groups excluding carboxylic acids is 1. The number of aromatic nitrogens is 1. The minimum absolute atomic E-state index is 0.109. The number of nitrogens with one attached hydrogen (secondary N) is 1. The highest BCUT2D eigenvalue weighted by Crippen LogP contribution is 2.01. The Morgan fingerprint density at radius 1 is 1.56 bits per heavy atom. The molecule has 0 aliphatic carbocycles. The van der Waals surface area contributed by atoms with E-state index in [4.69, 9.17) is 5.11 Å². The van der Waals surface area contributed by atoms with Gasteiger partial charge in [-0.1, -0.05) is 6.92 Å². The summed E-state index contributed by atoms with van der Waals surface area (Å²) in [6.45, 7) is 4.07. The van der Waals surface area contributed by atoms with Crippen molar-refractivity contribution in [2.75, 3.05) is 0 Å². The maximum absolute atomic E-state index is 11.5. The van der Waals surface area contributed by atoms with Crippen LogP contribution in [-0.4, -0.2) is 27.6 Å². The maximum Gasteiger partial charge on any atom is 0.337 e. The fraction of sp³-hybridized carbons (Fsp3) is 0.455. The molecule has 1 rings (SSSR count). The zero-order valence-electron chi connectivity index (χ0n) is 9.43. The third-order valence-electron chi connectivity index (χ3n) is 2.34. The van der Waals surface area contributed by atoms with E-state index < -0.39 is 5.97 Å². The van der Waals surface area contributed by atoms with E-state index in [1.807, 2.05) is 13.8 Å². The lowest BCUT2D eigenvalue weighted by Crippen LogP contribution is -2.34. The summed E-state index contributed by atoms with van der Waals surface area (Å²) in [5.41, 5.74) is 0.191. The van der Waals surface area contributed by atoms with E-state index in [2.05, 4.69) is 5.32 Å². The molecule has 1 amide bonds. The maximum atomic E-state index is 11.5. The number of rotatable bonds is 5. The van der Waals surface area contributed by atoms with Gasteiger partial charge in [0.05, 0.1) is 5.56 Å². The Balaban J connectivity index is 2.53. The van der Waals surface area contributed by atoms with Crippen molar-refractivity contribution in [3.63, 3.8) is 0 Å². The largest absolute Gasteiger partial charge is 0.478 e. The van der Waals surface area contributed by atoms with Gasteiger partial charge in [-0.3, -0.25) is 4.79 Å². The van der Waals surface area contributed by atoms with Gasteiger partial charge < -0.3 is 15.0 Å². The van der Waals surface area contributed by atoms with Crippen molar-refractivity contribution < 1.29 is 14.7 Å². The van der Waals surface area contributed by atoms with Gasteiger partial charge in [0.25, 0.3) is 0 Å². The number of nitrogens with zero attached hydrogens (tertiary/aromatic N) is 1. The molecule has 0 fully saturated rings. The monoisotopic (exact) mass is 224 g/mol. The van der Waals surface area contributed by atoms with Crippen LogP contribution in [0.3, 0.4) is 0 Å². The van der Waals surface area contributed by atoms with Crippen molar-refractivity contribution in [3.8, 4) is 0 Å². The van der Waals surface area contributed by atoms with Gasteiger partial charge in [0.1, 0.15) is 6.54 Å². The molecule has 0 radical (unpaired) electrons. The van der Waals surface area contributed by atoms with Crippen LogP contribution in [0, 0.1) is 0 Å². The number of carboxylic acid groups (broad SMARTS) is 1. The molecular formula is C11H16N2O3. The van der Waals surface area contributed by atoms with E-state index in [0.717, 1.165) is 6.42 Å². The highest BCUT2D eigenvalue weighted by Gasteiger charge is 2.08. The lowest BCUT2D eigenvalue weighted by Gasteiger charge is -2.11. The summed E-state index contributed by atoms with van der Waals surface area (Å²) in [4.78, 5) is 22.1. The zero-order chi connectivity index (χ0) is 12.1. The normalized spacial score (nSPS) is 12.1. The lowest BCUT2D eigenvalue weighted by atomic mass is 10.2. The first-order chi connectivity index (χ1) is 7.52. The lowest BCUT2D eigenvalue weighted by molar-refractivity contribution is -0.122. The van der Waals surface area contributed by atoms with Crippen molar-refractivity contribution in [1.82, 2.24) is 9.88 Å². The molecule has 5 heteroatoms. The number of carboxylic acids is 1. The molecule has 0 aliphatic heterocycles. The number of carbonyl (C=O) groups is 2. The second kappa shape index (κ2) is 5.34. The van der Waals surface area contributed by atoms with Crippen LogP contribution >= 0.6 is 0 Å². The van der Waals surface area contributed by atoms with Gasteiger partial charge in [0.2, 0.25) is 5.91 Å². The van der Waals surface area contributed by atoms with Gasteiger partial charge >= 0.3 is 5.97 Å². The second-order valence-electron chi connectivity index (χ2n) is 3.75. The van der Waals surface area contributed by atoms with Crippen LogP contribution in [0.2, 0.25) is 0 Å². The topological polar surface area (TPSA) is 71.3 Å². The third kappa shape index (κ3) is 3.42. The summed E-state index contributed by atoms with van der Waals surface area (Å²) in [7, 11) is 0. The summed E-state index contributed by atoms with van der Waals surface area (Å²) in [6, 6.07) is 1.61. The average molecular weight is 224 g/mol. The molecule has 0 saturated carbocycles. The summed E-state index contributed by atoms with van der Waals surface area (Å²) in [6.07, 6.45) is 3.90. The second-order valence-corrected chi connectivity index (χ2v) is 3.75. The predicted molar refractivity (Wildman–Crippen MR) is 59.3 cm³/mol. The Morgan fingerprint density at radius 3 is 2.75 bits per heavy atom. The molecular weight excluding hydrogens is 208 g/mol. The standard InChI is InChI=1S/C11H16N2O3/c1-3-8(2)12-10(14)7-13-5-4-9(6-13)11(15)16/h4-6,8H,3,7H2,1-2H3,(H,12,14)(H,15,16)/t8-/m0/s1. The smallest absolute Gasteiger partial charge is 0.337 e. The van der Waals surface area contributed by atoms with Gasteiger partial charge in [-0.25, -0.2) is 4.79 Å². The molecule has 16 heavy (non-hydrogen) atoms. The SMILES string of the molecule is CC[C@H](C)NC(=O)Cn1ccc(C(=O)O)c1. The summed E-state index contributed by atoms with van der Waals surface area (Å²) >= 11 is 0.